The second-order valence-corrected chi connectivity index (χ2v) is 5.65. The lowest BCUT2D eigenvalue weighted by atomic mass is 10.2. The minimum absolute atomic E-state index is 0.116. The summed E-state index contributed by atoms with van der Waals surface area (Å²) < 4.78 is 26.8. The molecule has 0 spiro atoms. The summed E-state index contributed by atoms with van der Waals surface area (Å²) in [6.45, 7) is 3.43. The number of hydrogen-bond donors (Lipinski definition) is 3. The molecule has 0 aliphatic heterocycles. The van der Waals surface area contributed by atoms with Crippen LogP contribution in [0.2, 0.25) is 0 Å². The van der Waals surface area contributed by atoms with Crippen molar-refractivity contribution in [1.29, 1.82) is 0 Å². The first kappa shape index (κ1) is 12.4. The van der Waals surface area contributed by atoms with Crippen LogP contribution in [0.3, 0.4) is 0 Å². The zero-order valence-corrected chi connectivity index (χ0v) is 10.9. The van der Waals surface area contributed by atoms with E-state index in [1.165, 1.54) is 6.20 Å². The Kier molecular flexibility index (Phi) is 3.00. The molecule has 0 amide bonds. The van der Waals surface area contributed by atoms with Crippen LogP contribution in [0.4, 0.5) is 11.4 Å². The second-order valence-electron chi connectivity index (χ2n) is 4.00. The van der Waals surface area contributed by atoms with Crippen molar-refractivity contribution in [2.45, 2.75) is 18.7 Å². The van der Waals surface area contributed by atoms with E-state index in [0.717, 1.165) is 5.56 Å². The summed E-state index contributed by atoms with van der Waals surface area (Å²) in [5.74, 6) is 0. The van der Waals surface area contributed by atoms with Crippen molar-refractivity contribution in [2.24, 2.45) is 0 Å². The number of nitrogen functional groups attached to an aromatic ring is 1. The number of nitrogens with two attached hydrogens (primary N) is 1. The highest BCUT2D eigenvalue weighted by atomic mass is 32.2. The Morgan fingerprint density at radius 1 is 1.33 bits per heavy atom. The molecule has 0 unspecified atom stereocenters. The fourth-order valence-electron chi connectivity index (χ4n) is 1.63. The number of aromatic nitrogens is 2. The van der Waals surface area contributed by atoms with Crippen LogP contribution in [0.15, 0.2) is 29.3 Å². The van der Waals surface area contributed by atoms with E-state index < -0.39 is 10.0 Å². The SMILES string of the molecule is Cc1cccc(N)c1NS(=O)(=O)c1cn[nH]c1C. The molecule has 7 heteroatoms. The normalized spacial score (nSPS) is 11.4. The first-order chi connectivity index (χ1) is 8.42. The van der Waals surface area contributed by atoms with Gasteiger partial charge in [0.1, 0.15) is 4.90 Å². The molecule has 4 N–H and O–H groups in total. The lowest BCUT2D eigenvalue weighted by Crippen LogP contribution is -2.15. The summed E-state index contributed by atoms with van der Waals surface area (Å²) in [6.07, 6.45) is 1.27. The van der Waals surface area contributed by atoms with Gasteiger partial charge in [-0.15, -0.1) is 0 Å². The molecule has 1 heterocycles. The summed E-state index contributed by atoms with van der Waals surface area (Å²) in [5.41, 5.74) is 7.80. The molecule has 0 radical (unpaired) electrons. The van der Waals surface area contributed by atoms with Gasteiger partial charge in [0.25, 0.3) is 10.0 Å². The van der Waals surface area contributed by atoms with E-state index >= 15 is 0 Å². The van der Waals surface area contributed by atoms with E-state index in [9.17, 15) is 8.42 Å². The van der Waals surface area contributed by atoms with Gasteiger partial charge in [0.15, 0.2) is 0 Å². The van der Waals surface area contributed by atoms with Gasteiger partial charge in [-0.05, 0) is 25.5 Å². The lowest BCUT2D eigenvalue weighted by Gasteiger charge is -2.12. The maximum Gasteiger partial charge on any atom is 0.265 e. The predicted octanol–water partition coefficient (Wildman–Crippen LogP) is 1.41. The number of sulfonamides is 1. The molecule has 1 aromatic heterocycles. The summed E-state index contributed by atoms with van der Waals surface area (Å²) >= 11 is 0. The van der Waals surface area contributed by atoms with E-state index in [2.05, 4.69) is 14.9 Å². The van der Waals surface area contributed by atoms with Gasteiger partial charge in [0, 0.05) is 0 Å². The molecule has 0 aliphatic carbocycles. The molecule has 96 valence electrons. The number of aromatic amines is 1. The van der Waals surface area contributed by atoms with Crippen molar-refractivity contribution in [3.8, 4) is 0 Å². The first-order valence-electron chi connectivity index (χ1n) is 5.29. The zero-order valence-electron chi connectivity index (χ0n) is 10.1. The van der Waals surface area contributed by atoms with Crippen LogP contribution >= 0.6 is 0 Å². The van der Waals surface area contributed by atoms with E-state index in [-0.39, 0.29) is 4.90 Å². The van der Waals surface area contributed by atoms with Gasteiger partial charge in [0.05, 0.1) is 23.3 Å². The Balaban J connectivity index is 2.44. The number of aryl methyl sites for hydroxylation is 2. The van der Waals surface area contributed by atoms with Crippen molar-refractivity contribution < 1.29 is 8.42 Å². The quantitative estimate of drug-likeness (QED) is 0.731. The molecule has 0 saturated carbocycles. The van der Waals surface area contributed by atoms with Crippen LogP contribution in [-0.2, 0) is 10.0 Å². The Bertz CT molecular complexity index is 656. The number of hydrogen-bond acceptors (Lipinski definition) is 4. The number of para-hydroxylation sites is 1. The second kappa shape index (κ2) is 4.34. The highest BCUT2D eigenvalue weighted by Crippen LogP contribution is 2.26. The Labute approximate surface area is 105 Å². The third kappa shape index (κ3) is 2.17. The van der Waals surface area contributed by atoms with Crippen LogP contribution in [0, 0.1) is 13.8 Å². The smallest absolute Gasteiger partial charge is 0.265 e. The topological polar surface area (TPSA) is 101 Å². The maximum atomic E-state index is 12.2. The largest absolute Gasteiger partial charge is 0.397 e. The van der Waals surface area contributed by atoms with Crippen molar-refractivity contribution in [3.63, 3.8) is 0 Å². The molecule has 18 heavy (non-hydrogen) atoms. The van der Waals surface area contributed by atoms with Gasteiger partial charge >= 0.3 is 0 Å². The fourth-order valence-corrected chi connectivity index (χ4v) is 2.93. The number of nitrogens with zero attached hydrogens (tertiary/aromatic N) is 1. The van der Waals surface area contributed by atoms with E-state index in [1.807, 2.05) is 0 Å². The van der Waals surface area contributed by atoms with Gasteiger partial charge in [-0.1, -0.05) is 12.1 Å². The van der Waals surface area contributed by atoms with Crippen LogP contribution in [0.5, 0.6) is 0 Å². The molecular weight excluding hydrogens is 252 g/mol. The first-order valence-corrected chi connectivity index (χ1v) is 6.78. The highest BCUT2D eigenvalue weighted by molar-refractivity contribution is 7.92. The zero-order chi connectivity index (χ0) is 13.3. The Hall–Kier alpha value is -2.02. The summed E-state index contributed by atoms with van der Waals surface area (Å²) in [6, 6.07) is 5.20. The molecule has 2 rings (SSSR count). The molecule has 0 aliphatic rings. The average Bonchev–Trinajstić information content (AvgIpc) is 2.71. The molecule has 0 bridgehead atoms. The molecule has 0 atom stereocenters. The Morgan fingerprint density at radius 3 is 2.61 bits per heavy atom. The van der Waals surface area contributed by atoms with E-state index in [4.69, 9.17) is 5.73 Å². The van der Waals surface area contributed by atoms with Gasteiger partial charge in [0.2, 0.25) is 0 Å². The molecule has 2 aromatic rings. The van der Waals surface area contributed by atoms with Gasteiger partial charge in [-0.3, -0.25) is 9.82 Å². The third-order valence-corrected chi connectivity index (χ3v) is 4.08. The Morgan fingerprint density at radius 2 is 2.06 bits per heavy atom. The van der Waals surface area contributed by atoms with Crippen LogP contribution in [-0.4, -0.2) is 18.6 Å². The minimum atomic E-state index is -3.67. The molecule has 0 saturated heterocycles. The van der Waals surface area contributed by atoms with Gasteiger partial charge < -0.3 is 5.73 Å². The average molecular weight is 266 g/mol. The maximum absolute atomic E-state index is 12.2. The molecule has 1 aromatic carbocycles. The standard InChI is InChI=1S/C11H14N4O2S/c1-7-4-3-5-9(12)11(7)15-18(16,17)10-6-13-14-8(10)2/h3-6,15H,12H2,1-2H3,(H,13,14). The number of nitrogens with one attached hydrogen (secondary N) is 2. The summed E-state index contributed by atoms with van der Waals surface area (Å²) in [7, 11) is -3.67. The van der Waals surface area contributed by atoms with Crippen LogP contribution in [0.1, 0.15) is 11.3 Å². The van der Waals surface area contributed by atoms with Crippen molar-refractivity contribution in [2.75, 3.05) is 10.5 Å². The minimum Gasteiger partial charge on any atom is -0.397 e. The summed E-state index contributed by atoms with van der Waals surface area (Å²) in [5, 5.41) is 6.29. The van der Waals surface area contributed by atoms with Crippen molar-refractivity contribution >= 4 is 21.4 Å². The monoisotopic (exact) mass is 266 g/mol. The molecular formula is C11H14N4O2S. The number of rotatable bonds is 3. The molecule has 6 nitrogen and oxygen atoms in total. The van der Waals surface area contributed by atoms with Crippen molar-refractivity contribution in [3.05, 3.63) is 35.7 Å². The van der Waals surface area contributed by atoms with Crippen LogP contribution in [0.25, 0.3) is 0 Å². The summed E-state index contributed by atoms with van der Waals surface area (Å²) in [4.78, 5) is 0.116. The van der Waals surface area contributed by atoms with Gasteiger partial charge in [-0.2, -0.15) is 5.10 Å². The predicted molar refractivity (Wildman–Crippen MR) is 69.7 cm³/mol. The highest BCUT2D eigenvalue weighted by Gasteiger charge is 2.20. The van der Waals surface area contributed by atoms with Crippen molar-refractivity contribution in [1.82, 2.24) is 10.2 Å². The number of benzene rings is 1. The third-order valence-electron chi connectivity index (χ3n) is 2.61. The van der Waals surface area contributed by atoms with Gasteiger partial charge in [-0.25, -0.2) is 8.42 Å². The van der Waals surface area contributed by atoms with E-state index in [1.54, 1.807) is 32.0 Å². The van der Waals surface area contributed by atoms with Crippen LogP contribution < -0.4 is 10.5 Å². The number of anilines is 2. The molecule has 0 fully saturated rings. The van der Waals surface area contributed by atoms with E-state index in [0.29, 0.717) is 17.1 Å². The lowest BCUT2D eigenvalue weighted by molar-refractivity contribution is 0.600. The fraction of sp³-hybridized carbons (Fsp3) is 0.182. The number of H-pyrrole nitrogens is 1.